The Morgan fingerprint density at radius 3 is 2.64 bits per heavy atom. The summed E-state index contributed by atoms with van der Waals surface area (Å²) in [4.78, 5) is 16.8. The van der Waals surface area contributed by atoms with Crippen LogP contribution >= 0.6 is 0 Å². The molecule has 1 atom stereocenters. The van der Waals surface area contributed by atoms with Crippen molar-refractivity contribution in [1.29, 1.82) is 5.26 Å². The number of aryl methyl sites for hydroxylation is 2. The number of methoxy groups -OCH3 is 2. The zero-order valence-corrected chi connectivity index (χ0v) is 16.4. The number of nitrogens with zero attached hydrogens (tertiary/aromatic N) is 3. The number of nitrogens with one attached hydrogen (secondary N) is 2. The normalized spacial score (nSPS) is 18.9. The highest BCUT2D eigenvalue weighted by atomic mass is 16.6. The van der Waals surface area contributed by atoms with E-state index in [0.717, 1.165) is 16.8 Å². The third-order valence-corrected chi connectivity index (χ3v) is 5.02. The van der Waals surface area contributed by atoms with E-state index in [1.807, 2.05) is 32.1 Å². The summed E-state index contributed by atoms with van der Waals surface area (Å²) in [7, 11) is 2.86. The molecular weight excluding hydrogens is 358 g/mol. The first-order valence-corrected chi connectivity index (χ1v) is 8.96. The Morgan fingerprint density at radius 2 is 2.11 bits per heavy atom. The molecule has 0 saturated heterocycles. The van der Waals surface area contributed by atoms with Crippen LogP contribution in [0.3, 0.4) is 0 Å². The van der Waals surface area contributed by atoms with Crippen molar-refractivity contribution in [3.8, 4) is 6.07 Å². The van der Waals surface area contributed by atoms with E-state index in [1.54, 1.807) is 0 Å². The minimum Gasteiger partial charge on any atom is -0.467 e. The number of pyridine rings is 1. The van der Waals surface area contributed by atoms with Crippen LogP contribution in [0.5, 0.6) is 0 Å². The van der Waals surface area contributed by atoms with Gasteiger partial charge in [0.1, 0.15) is 11.9 Å². The maximum absolute atomic E-state index is 12.1. The molecular formula is C20H23N5O3. The summed E-state index contributed by atoms with van der Waals surface area (Å²) in [6.45, 7) is 3.79. The molecule has 28 heavy (non-hydrogen) atoms. The second-order valence-corrected chi connectivity index (χ2v) is 6.84. The number of hydrogen-bond acceptors (Lipinski definition) is 7. The first-order chi connectivity index (χ1) is 13.4. The van der Waals surface area contributed by atoms with Crippen LogP contribution in [0.25, 0.3) is 5.57 Å². The number of esters is 1. The molecule has 1 unspecified atom stereocenters. The maximum Gasteiger partial charge on any atom is 0.338 e. The molecule has 2 aromatic rings. The minimum atomic E-state index is -0.984. The number of H-pyrrole nitrogens is 1. The topological polar surface area (TPSA) is 113 Å². The Labute approximate surface area is 163 Å². The molecule has 0 amide bonds. The van der Waals surface area contributed by atoms with Crippen LogP contribution in [0, 0.1) is 25.2 Å². The zero-order valence-electron chi connectivity index (χ0n) is 16.4. The fourth-order valence-electron chi connectivity index (χ4n) is 3.41. The van der Waals surface area contributed by atoms with E-state index in [0.29, 0.717) is 42.2 Å². The van der Waals surface area contributed by atoms with Crippen molar-refractivity contribution in [3.05, 3.63) is 40.7 Å². The van der Waals surface area contributed by atoms with Crippen LogP contribution in [0.1, 0.15) is 41.8 Å². The number of rotatable bonds is 5. The lowest BCUT2D eigenvalue weighted by Gasteiger charge is -2.32. The van der Waals surface area contributed by atoms with Gasteiger partial charge in [0.2, 0.25) is 0 Å². The lowest BCUT2D eigenvalue weighted by Crippen LogP contribution is -2.42. The lowest BCUT2D eigenvalue weighted by atomic mass is 9.83. The van der Waals surface area contributed by atoms with Crippen LogP contribution < -0.4 is 5.32 Å². The summed E-state index contributed by atoms with van der Waals surface area (Å²) in [6.07, 6.45) is 3.29. The average molecular weight is 381 g/mol. The molecule has 0 aliphatic heterocycles. The molecule has 0 spiro atoms. The Kier molecular flexibility index (Phi) is 5.47. The summed E-state index contributed by atoms with van der Waals surface area (Å²) in [5.74, 6) is 0.872. The number of carbonyl (C=O) groups excluding carboxylic acids is 1. The predicted octanol–water partition coefficient (Wildman–Crippen LogP) is 3.16. The molecule has 0 fully saturated rings. The number of aromatic amines is 1. The van der Waals surface area contributed by atoms with Crippen molar-refractivity contribution in [2.75, 3.05) is 19.5 Å². The van der Waals surface area contributed by atoms with Gasteiger partial charge < -0.3 is 14.8 Å². The number of hydrogen-bond donors (Lipinski definition) is 2. The molecule has 2 N–H and O–H groups in total. The molecule has 3 rings (SSSR count). The molecule has 0 radical (unpaired) electrons. The fourth-order valence-corrected chi connectivity index (χ4v) is 3.41. The van der Waals surface area contributed by atoms with Crippen molar-refractivity contribution in [2.24, 2.45) is 0 Å². The molecule has 0 aromatic carbocycles. The average Bonchev–Trinajstić information content (AvgIpc) is 3.11. The summed E-state index contributed by atoms with van der Waals surface area (Å²) >= 11 is 0. The highest BCUT2D eigenvalue weighted by molar-refractivity contribution is 5.82. The van der Waals surface area contributed by atoms with Gasteiger partial charge in [0.05, 0.1) is 18.4 Å². The van der Waals surface area contributed by atoms with Crippen molar-refractivity contribution in [1.82, 2.24) is 15.2 Å². The van der Waals surface area contributed by atoms with E-state index in [-0.39, 0.29) is 5.97 Å². The van der Waals surface area contributed by atoms with Crippen molar-refractivity contribution in [3.63, 3.8) is 0 Å². The number of ether oxygens (including phenoxy) is 2. The predicted molar refractivity (Wildman–Crippen MR) is 104 cm³/mol. The quantitative estimate of drug-likeness (QED) is 0.765. The Hall–Kier alpha value is -3.18. The molecule has 0 bridgehead atoms. The summed E-state index contributed by atoms with van der Waals surface area (Å²) in [6, 6.07) is 5.95. The third-order valence-electron chi connectivity index (χ3n) is 5.02. The highest BCUT2D eigenvalue weighted by Gasteiger charge is 2.41. The molecule has 146 valence electrons. The molecule has 0 saturated carbocycles. The van der Waals surface area contributed by atoms with E-state index in [4.69, 9.17) is 9.47 Å². The van der Waals surface area contributed by atoms with Gasteiger partial charge in [-0.1, -0.05) is 6.08 Å². The second kappa shape index (κ2) is 7.82. The largest absolute Gasteiger partial charge is 0.467 e. The Balaban J connectivity index is 1.96. The SMILES string of the molecule is COC(=O)C1(OC)CC=C(c2nc(Nc3cc(C)[nH]n3)cc(C)c2C#N)CC1. The summed E-state index contributed by atoms with van der Waals surface area (Å²) in [5.41, 5.74) is 2.83. The van der Waals surface area contributed by atoms with Crippen LogP contribution in [0.2, 0.25) is 0 Å². The van der Waals surface area contributed by atoms with Gasteiger partial charge in [-0.2, -0.15) is 10.4 Å². The number of anilines is 2. The van der Waals surface area contributed by atoms with Gasteiger partial charge in [-0.05, 0) is 43.9 Å². The monoisotopic (exact) mass is 381 g/mol. The summed E-state index contributed by atoms with van der Waals surface area (Å²) < 4.78 is 10.4. The smallest absolute Gasteiger partial charge is 0.338 e. The lowest BCUT2D eigenvalue weighted by molar-refractivity contribution is -0.166. The molecule has 2 heterocycles. The molecule has 1 aliphatic carbocycles. The van der Waals surface area contributed by atoms with Crippen LogP contribution in [-0.4, -0.2) is 41.0 Å². The van der Waals surface area contributed by atoms with Crippen LogP contribution in [0.15, 0.2) is 18.2 Å². The van der Waals surface area contributed by atoms with Gasteiger partial charge in [-0.3, -0.25) is 5.10 Å². The molecule has 8 nitrogen and oxygen atoms in total. The first-order valence-electron chi connectivity index (χ1n) is 8.96. The Bertz CT molecular complexity index is 973. The van der Waals surface area contributed by atoms with E-state index < -0.39 is 5.60 Å². The number of allylic oxidation sites excluding steroid dienone is 1. The molecule has 8 heteroatoms. The zero-order chi connectivity index (χ0) is 20.3. The van der Waals surface area contributed by atoms with Gasteiger partial charge >= 0.3 is 5.97 Å². The third kappa shape index (κ3) is 3.62. The van der Waals surface area contributed by atoms with Crippen LogP contribution in [-0.2, 0) is 14.3 Å². The molecule has 1 aliphatic rings. The Morgan fingerprint density at radius 1 is 1.32 bits per heavy atom. The van der Waals surface area contributed by atoms with Gasteiger partial charge in [0, 0.05) is 25.3 Å². The summed E-state index contributed by atoms with van der Waals surface area (Å²) in [5, 5.41) is 19.8. The number of nitriles is 1. The van der Waals surface area contributed by atoms with E-state index >= 15 is 0 Å². The first kappa shape index (κ1) is 19.6. The highest BCUT2D eigenvalue weighted by Crippen LogP contribution is 2.37. The van der Waals surface area contributed by atoms with Gasteiger partial charge in [0.25, 0.3) is 0 Å². The number of aromatic nitrogens is 3. The second-order valence-electron chi connectivity index (χ2n) is 6.84. The van der Waals surface area contributed by atoms with E-state index in [1.165, 1.54) is 14.2 Å². The van der Waals surface area contributed by atoms with E-state index in [2.05, 4.69) is 26.6 Å². The van der Waals surface area contributed by atoms with Gasteiger partial charge in [-0.15, -0.1) is 0 Å². The van der Waals surface area contributed by atoms with Gasteiger partial charge in [0.15, 0.2) is 11.4 Å². The number of carbonyl (C=O) groups is 1. The van der Waals surface area contributed by atoms with Gasteiger partial charge in [-0.25, -0.2) is 9.78 Å². The van der Waals surface area contributed by atoms with Crippen molar-refractivity contribution < 1.29 is 14.3 Å². The minimum absolute atomic E-state index is 0.368. The van der Waals surface area contributed by atoms with Crippen molar-refractivity contribution in [2.45, 2.75) is 38.7 Å². The van der Waals surface area contributed by atoms with Crippen LogP contribution in [0.4, 0.5) is 11.6 Å². The molecule has 2 aromatic heterocycles. The maximum atomic E-state index is 12.1. The standard InChI is InChI=1S/C20H23N5O3/c1-12-9-16(22-17-10-13(2)24-25-17)23-18(15(12)11-21)14-5-7-20(28-4,8-6-14)19(26)27-3/h5,9-10H,6-8H2,1-4H3,(H2,22,23,24,25). The van der Waals surface area contributed by atoms with Crippen molar-refractivity contribution >= 4 is 23.2 Å². The van der Waals surface area contributed by atoms with E-state index in [9.17, 15) is 10.1 Å². The fraction of sp³-hybridized carbons (Fsp3) is 0.400.